The van der Waals surface area contributed by atoms with Crippen molar-refractivity contribution in [3.63, 3.8) is 0 Å². The minimum absolute atomic E-state index is 0.0569. The van der Waals surface area contributed by atoms with E-state index in [2.05, 4.69) is 15.5 Å². The number of carbonyl (C=O) groups is 1. The number of nitrogens with zero attached hydrogens (tertiary/aromatic N) is 2. The van der Waals surface area contributed by atoms with Gasteiger partial charge < -0.3 is 11.1 Å². The summed E-state index contributed by atoms with van der Waals surface area (Å²) >= 11 is 1.30. The Morgan fingerprint density at radius 2 is 2.06 bits per heavy atom. The fourth-order valence-electron chi connectivity index (χ4n) is 1.47. The minimum atomic E-state index is -0.0569. The fourth-order valence-corrected chi connectivity index (χ4v) is 2.11. The van der Waals surface area contributed by atoms with Crippen LogP contribution in [0.5, 0.6) is 0 Å². The van der Waals surface area contributed by atoms with Crippen LogP contribution in [-0.4, -0.2) is 16.1 Å². The van der Waals surface area contributed by atoms with E-state index in [1.165, 1.54) is 11.3 Å². The average Bonchev–Trinajstić information content (AvgIpc) is 2.85. The Morgan fingerprint density at radius 1 is 1.28 bits per heavy atom. The largest absolute Gasteiger partial charge is 0.324 e. The maximum atomic E-state index is 11.7. The van der Waals surface area contributed by atoms with Gasteiger partial charge in [-0.25, -0.2) is 0 Å². The molecule has 94 valence electrons. The number of hydrogen-bond acceptors (Lipinski definition) is 5. The summed E-state index contributed by atoms with van der Waals surface area (Å²) in [6.07, 6.45) is 1.15. The van der Waals surface area contributed by atoms with E-state index in [1.54, 1.807) is 0 Å². The molecule has 0 saturated heterocycles. The molecular formula is C12H14N4OS. The Hall–Kier alpha value is -1.79. The Bertz CT molecular complexity index is 512. The van der Waals surface area contributed by atoms with E-state index in [0.29, 0.717) is 23.1 Å². The molecule has 0 unspecified atom stereocenters. The molecule has 0 atom stereocenters. The van der Waals surface area contributed by atoms with Crippen LogP contribution in [0.3, 0.4) is 0 Å². The first-order chi connectivity index (χ1) is 8.78. The number of anilines is 1. The first-order valence-electron chi connectivity index (χ1n) is 5.64. The maximum absolute atomic E-state index is 11.7. The van der Waals surface area contributed by atoms with Gasteiger partial charge in [0.05, 0.1) is 0 Å². The van der Waals surface area contributed by atoms with Crippen molar-refractivity contribution >= 4 is 22.4 Å². The first kappa shape index (κ1) is 12.7. The number of hydrogen-bond donors (Lipinski definition) is 2. The van der Waals surface area contributed by atoms with E-state index in [9.17, 15) is 4.79 Å². The molecule has 3 N–H and O–H groups in total. The lowest BCUT2D eigenvalue weighted by Gasteiger charge is -2.01. The fraction of sp³-hybridized carbons (Fsp3) is 0.250. The maximum Gasteiger partial charge on any atom is 0.226 e. The van der Waals surface area contributed by atoms with Crippen LogP contribution in [0.25, 0.3) is 0 Å². The van der Waals surface area contributed by atoms with Crippen LogP contribution in [0, 0.1) is 0 Å². The Balaban J connectivity index is 1.82. The highest BCUT2D eigenvalue weighted by atomic mass is 32.1. The molecule has 0 aliphatic carbocycles. The molecule has 0 radical (unpaired) electrons. The second-order valence-electron chi connectivity index (χ2n) is 3.74. The average molecular weight is 262 g/mol. The second kappa shape index (κ2) is 6.23. The van der Waals surface area contributed by atoms with Crippen LogP contribution in [0.4, 0.5) is 5.13 Å². The zero-order valence-electron chi connectivity index (χ0n) is 9.80. The molecule has 0 aliphatic rings. The normalized spacial score (nSPS) is 10.3. The summed E-state index contributed by atoms with van der Waals surface area (Å²) in [7, 11) is 0. The number of rotatable bonds is 5. The predicted molar refractivity (Wildman–Crippen MR) is 71.2 cm³/mol. The Labute approximate surface area is 109 Å². The molecule has 0 saturated carbocycles. The summed E-state index contributed by atoms with van der Waals surface area (Å²) in [5.41, 5.74) is 6.57. The lowest BCUT2D eigenvalue weighted by Crippen LogP contribution is -2.12. The molecule has 1 amide bonds. The van der Waals surface area contributed by atoms with E-state index in [0.717, 1.165) is 12.0 Å². The quantitative estimate of drug-likeness (QED) is 0.857. The molecule has 2 rings (SSSR count). The number of carbonyl (C=O) groups excluding carboxylic acids is 1. The van der Waals surface area contributed by atoms with Gasteiger partial charge in [0, 0.05) is 13.0 Å². The molecule has 1 aromatic heterocycles. The van der Waals surface area contributed by atoms with Crippen LogP contribution < -0.4 is 11.1 Å². The first-order valence-corrected chi connectivity index (χ1v) is 6.46. The smallest absolute Gasteiger partial charge is 0.226 e. The van der Waals surface area contributed by atoms with Crippen molar-refractivity contribution in [3.05, 3.63) is 40.9 Å². The number of aryl methyl sites for hydroxylation is 1. The van der Waals surface area contributed by atoms with E-state index >= 15 is 0 Å². The van der Waals surface area contributed by atoms with Crippen molar-refractivity contribution in [2.24, 2.45) is 5.73 Å². The summed E-state index contributed by atoms with van der Waals surface area (Å²) in [5.74, 6) is -0.0569. The van der Waals surface area contributed by atoms with Gasteiger partial charge in [0.15, 0.2) is 0 Å². The van der Waals surface area contributed by atoms with Crippen molar-refractivity contribution in [2.45, 2.75) is 19.4 Å². The van der Waals surface area contributed by atoms with Gasteiger partial charge in [0.2, 0.25) is 11.0 Å². The van der Waals surface area contributed by atoms with Crippen LogP contribution in [-0.2, 0) is 17.8 Å². The zero-order valence-corrected chi connectivity index (χ0v) is 10.6. The third-order valence-electron chi connectivity index (χ3n) is 2.37. The third-order valence-corrected chi connectivity index (χ3v) is 3.23. The van der Waals surface area contributed by atoms with Gasteiger partial charge in [-0.3, -0.25) is 4.79 Å². The van der Waals surface area contributed by atoms with Crippen LogP contribution in [0.1, 0.15) is 17.0 Å². The topological polar surface area (TPSA) is 80.9 Å². The minimum Gasteiger partial charge on any atom is -0.324 e. The number of nitrogens with one attached hydrogen (secondary N) is 1. The zero-order chi connectivity index (χ0) is 12.8. The van der Waals surface area contributed by atoms with Crippen molar-refractivity contribution in [2.75, 3.05) is 5.32 Å². The number of nitrogens with two attached hydrogens (primary N) is 1. The Kier molecular flexibility index (Phi) is 4.38. The van der Waals surface area contributed by atoms with Crippen LogP contribution >= 0.6 is 11.3 Å². The van der Waals surface area contributed by atoms with Gasteiger partial charge in [-0.15, -0.1) is 10.2 Å². The molecule has 2 aromatic rings. The standard InChI is InChI=1S/C12H14N4OS/c13-8-11-15-16-12(18-11)14-10(17)7-6-9-4-2-1-3-5-9/h1-5H,6-8,13H2,(H,14,16,17). The molecule has 1 heterocycles. The summed E-state index contributed by atoms with van der Waals surface area (Å²) in [5, 5.41) is 11.6. The highest BCUT2D eigenvalue weighted by Crippen LogP contribution is 2.14. The van der Waals surface area contributed by atoms with Crippen molar-refractivity contribution in [3.8, 4) is 0 Å². The summed E-state index contributed by atoms with van der Waals surface area (Å²) in [6, 6.07) is 9.89. The molecule has 0 aliphatic heterocycles. The van der Waals surface area contributed by atoms with Gasteiger partial charge in [0.25, 0.3) is 0 Å². The van der Waals surface area contributed by atoms with E-state index < -0.39 is 0 Å². The number of aromatic nitrogens is 2. The number of amides is 1. The van der Waals surface area contributed by atoms with Crippen molar-refractivity contribution in [1.29, 1.82) is 0 Å². The lowest BCUT2D eigenvalue weighted by molar-refractivity contribution is -0.116. The van der Waals surface area contributed by atoms with Crippen LogP contribution in [0.15, 0.2) is 30.3 Å². The van der Waals surface area contributed by atoms with Crippen LogP contribution in [0.2, 0.25) is 0 Å². The van der Waals surface area contributed by atoms with Gasteiger partial charge in [-0.05, 0) is 12.0 Å². The van der Waals surface area contributed by atoms with E-state index in [-0.39, 0.29) is 5.91 Å². The van der Waals surface area contributed by atoms with Crippen molar-refractivity contribution < 1.29 is 4.79 Å². The number of benzene rings is 1. The highest BCUT2D eigenvalue weighted by Gasteiger charge is 2.07. The van der Waals surface area contributed by atoms with E-state index in [4.69, 9.17) is 5.73 Å². The summed E-state index contributed by atoms with van der Waals surface area (Å²) in [4.78, 5) is 11.7. The predicted octanol–water partition coefficient (Wildman–Crippen LogP) is 1.57. The van der Waals surface area contributed by atoms with Gasteiger partial charge in [-0.2, -0.15) is 0 Å². The molecule has 0 bridgehead atoms. The molecule has 1 aromatic carbocycles. The van der Waals surface area contributed by atoms with Crippen molar-refractivity contribution in [1.82, 2.24) is 10.2 Å². The summed E-state index contributed by atoms with van der Waals surface area (Å²) < 4.78 is 0. The monoisotopic (exact) mass is 262 g/mol. The molecule has 0 spiro atoms. The molecule has 0 fully saturated rings. The molecule has 18 heavy (non-hydrogen) atoms. The lowest BCUT2D eigenvalue weighted by atomic mass is 10.1. The van der Waals surface area contributed by atoms with Gasteiger partial charge in [-0.1, -0.05) is 41.7 Å². The SMILES string of the molecule is NCc1nnc(NC(=O)CCc2ccccc2)s1. The van der Waals surface area contributed by atoms with Gasteiger partial charge >= 0.3 is 0 Å². The third kappa shape index (κ3) is 3.61. The summed E-state index contributed by atoms with van der Waals surface area (Å²) in [6.45, 7) is 0.345. The molecular weight excluding hydrogens is 248 g/mol. The second-order valence-corrected chi connectivity index (χ2v) is 4.80. The molecule has 6 heteroatoms. The highest BCUT2D eigenvalue weighted by molar-refractivity contribution is 7.15. The van der Waals surface area contributed by atoms with Gasteiger partial charge in [0.1, 0.15) is 5.01 Å². The molecule has 5 nitrogen and oxygen atoms in total. The Morgan fingerprint density at radius 3 is 2.72 bits per heavy atom. The van der Waals surface area contributed by atoms with E-state index in [1.807, 2.05) is 30.3 Å².